The molecule has 0 aliphatic carbocycles. The average Bonchev–Trinajstić information content (AvgIpc) is 3.90. The fourth-order valence-corrected chi connectivity index (χ4v) is 9.06. The zero-order valence-corrected chi connectivity index (χ0v) is 33.1. The molecule has 0 saturated heterocycles. The predicted molar refractivity (Wildman–Crippen MR) is 255 cm³/mol. The summed E-state index contributed by atoms with van der Waals surface area (Å²) in [6, 6.07) is 80.1. The Bertz CT molecular complexity index is 3570. The lowest BCUT2D eigenvalue weighted by molar-refractivity contribution is 0.668. The van der Waals surface area contributed by atoms with E-state index in [4.69, 9.17) is 8.83 Å². The molecule has 0 radical (unpaired) electrons. The molecule has 61 heavy (non-hydrogen) atoms. The molecule has 286 valence electrons. The highest BCUT2D eigenvalue weighted by molar-refractivity contribution is 6.08. The zero-order chi connectivity index (χ0) is 40.3. The van der Waals surface area contributed by atoms with E-state index < -0.39 is 0 Å². The van der Waals surface area contributed by atoms with Gasteiger partial charge >= 0.3 is 0 Å². The van der Waals surface area contributed by atoms with E-state index in [1.807, 2.05) is 24.3 Å². The SMILES string of the molecule is c1ccc(N(c2ccc(-c3ccc(-c4cccc5ccccc45)cc3)cc2)c2ccc(-c3ccc4oc5ccccc5c4c3)cc2)c(-c2ccc3oc4ccccc4c3c2)c1. The number of anilines is 3. The standard InChI is InChI=1S/C58H37NO2/c1-2-12-47-41(10-1)11-9-16-48(47)42-22-20-38(21-23-42)39-24-30-45(31-25-39)59(46-32-26-40(27-33-46)43-28-34-57-52(36-43)50-14-4-7-18-55(50)60-57)54-17-6-3-13-49(54)44-29-35-58-53(37-44)51-15-5-8-19-56(51)61-58/h1-37H. The molecule has 0 spiro atoms. The first kappa shape index (κ1) is 34.9. The van der Waals surface area contributed by atoms with E-state index in [-0.39, 0.29) is 0 Å². The number of furan rings is 2. The molecule has 0 aliphatic heterocycles. The maximum atomic E-state index is 6.23. The molecule has 0 N–H and O–H groups in total. The van der Waals surface area contributed by atoms with Gasteiger partial charge in [0.05, 0.1) is 5.69 Å². The second kappa shape index (κ2) is 14.3. The third kappa shape index (κ3) is 6.06. The van der Waals surface area contributed by atoms with E-state index >= 15 is 0 Å². The highest BCUT2D eigenvalue weighted by Crippen LogP contribution is 2.44. The van der Waals surface area contributed by atoms with Crippen molar-refractivity contribution in [3.05, 3.63) is 224 Å². The minimum Gasteiger partial charge on any atom is -0.456 e. The number of fused-ring (bicyclic) bond motifs is 7. The van der Waals surface area contributed by atoms with Crippen molar-refractivity contribution in [3.63, 3.8) is 0 Å². The van der Waals surface area contributed by atoms with Crippen LogP contribution in [0.1, 0.15) is 0 Å². The van der Waals surface area contributed by atoms with Crippen molar-refractivity contribution in [2.45, 2.75) is 0 Å². The first-order valence-electron chi connectivity index (χ1n) is 20.7. The van der Waals surface area contributed by atoms with Crippen LogP contribution < -0.4 is 4.90 Å². The van der Waals surface area contributed by atoms with Gasteiger partial charge in [0.1, 0.15) is 22.3 Å². The topological polar surface area (TPSA) is 29.5 Å². The van der Waals surface area contributed by atoms with Gasteiger partial charge in [-0.25, -0.2) is 0 Å². The minimum absolute atomic E-state index is 0.886. The quantitative estimate of drug-likeness (QED) is 0.161. The van der Waals surface area contributed by atoms with Gasteiger partial charge in [-0.15, -0.1) is 0 Å². The Balaban J connectivity index is 0.943. The fourth-order valence-electron chi connectivity index (χ4n) is 9.06. The van der Waals surface area contributed by atoms with Crippen LogP contribution in [0.15, 0.2) is 233 Å². The Hall–Kier alpha value is -8.14. The van der Waals surface area contributed by atoms with Gasteiger partial charge in [0, 0.05) is 38.5 Å². The summed E-state index contributed by atoms with van der Waals surface area (Å²) in [6.45, 7) is 0. The second-order valence-corrected chi connectivity index (χ2v) is 15.7. The molecule has 12 aromatic rings. The first-order chi connectivity index (χ1) is 30.2. The number of para-hydroxylation sites is 3. The summed E-state index contributed by atoms with van der Waals surface area (Å²) in [6.07, 6.45) is 0. The maximum Gasteiger partial charge on any atom is 0.135 e. The van der Waals surface area contributed by atoms with Crippen LogP contribution >= 0.6 is 0 Å². The van der Waals surface area contributed by atoms with E-state index in [9.17, 15) is 0 Å². The molecule has 0 saturated carbocycles. The molecular formula is C58H37NO2. The molecule has 0 fully saturated rings. The normalized spacial score (nSPS) is 11.6. The van der Waals surface area contributed by atoms with E-state index in [0.717, 1.165) is 88.8 Å². The van der Waals surface area contributed by atoms with Gasteiger partial charge in [-0.3, -0.25) is 0 Å². The van der Waals surface area contributed by atoms with Crippen molar-refractivity contribution in [2.24, 2.45) is 0 Å². The highest BCUT2D eigenvalue weighted by Gasteiger charge is 2.19. The van der Waals surface area contributed by atoms with Crippen molar-refractivity contribution in [1.29, 1.82) is 0 Å². The number of hydrogen-bond acceptors (Lipinski definition) is 3. The highest BCUT2D eigenvalue weighted by atomic mass is 16.3. The molecule has 0 atom stereocenters. The van der Waals surface area contributed by atoms with E-state index in [0.29, 0.717) is 0 Å². The Morgan fingerprint density at radius 3 is 1.34 bits per heavy atom. The van der Waals surface area contributed by atoms with E-state index in [1.165, 1.54) is 27.5 Å². The largest absolute Gasteiger partial charge is 0.456 e. The summed E-state index contributed by atoms with van der Waals surface area (Å²) in [7, 11) is 0. The van der Waals surface area contributed by atoms with Crippen LogP contribution in [0.25, 0.3) is 99.2 Å². The first-order valence-corrected chi connectivity index (χ1v) is 20.7. The molecule has 10 aromatic carbocycles. The van der Waals surface area contributed by atoms with Crippen LogP contribution in [0.2, 0.25) is 0 Å². The Morgan fingerprint density at radius 1 is 0.262 bits per heavy atom. The Labute approximate surface area is 353 Å². The summed E-state index contributed by atoms with van der Waals surface area (Å²) in [5.41, 5.74) is 16.1. The van der Waals surface area contributed by atoms with Crippen molar-refractivity contribution in [3.8, 4) is 44.5 Å². The molecule has 3 nitrogen and oxygen atoms in total. The number of nitrogens with zero attached hydrogens (tertiary/aromatic N) is 1. The Kier molecular flexibility index (Phi) is 8.17. The lowest BCUT2D eigenvalue weighted by atomic mass is 9.96. The third-order valence-electron chi connectivity index (χ3n) is 12.1. The van der Waals surface area contributed by atoms with Gasteiger partial charge in [0.2, 0.25) is 0 Å². The van der Waals surface area contributed by atoms with Crippen LogP contribution in [0.4, 0.5) is 17.1 Å². The predicted octanol–water partition coefficient (Wildman–Crippen LogP) is 16.8. The van der Waals surface area contributed by atoms with Crippen molar-refractivity contribution >= 4 is 71.7 Å². The number of benzene rings is 10. The van der Waals surface area contributed by atoms with Gasteiger partial charge in [-0.05, 0) is 116 Å². The van der Waals surface area contributed by atoms with E-state index in [1.54, 1.807) is 0 Å². The van der Waals surface area contributed by atoms with Crippen LogP contribution in [0.5, 0.6) is 0 Å². The average molecular weight is 780 g/mol. The molecule has 0 unspecified atom stereocenters. The third-order valence-corrected chi connectivity index (χ3v) is 12.1. The van der Waals surface area contributed by atoms with Gasteiger partial charge < -0.3 is 13.7 Å². The van der Waals surface area contributed by atoms with Crippen LogP contribution in [0.3, 0.4) is 0 Å². The summed E-state index contributed by atoms with van der Waals surface area (Å²) >= 11 is 0. The number of hydrogen-bond donors (Lipinski definition) is 0. The molecule has 3 heteroatoms. The summed E-state index contributed by atoms with van der Waals surface area (Å²) in [5.74, 6) is 0. The van der Waals surface area contributed by atoms with Crippen molar-refractivity contribution < 1.29 is 8.83 Å². The van der Waals surface area contributed by atoms with Gasteiger partial charge in [0.25, 0.3) is 0 Å². The molecule has 2 aromatic heterocycles. The van der Waals surface area contributed by atoms with Gasteiger partial charge in [-0.2, -0.15) is 0 Å². The summed E-state index contributed by atoms with van der Waals surface area (Å²) in [5, 5.41) is 6.99. The Morgan fingerprint density at radius 2 is 0.689 bits per heavy atom. The molecule has 0 aliphatic rings. The molecule has 0 bridgehead atoms. The summed E-state index contributed by atoms with van der Waals surface area (Å²) in [4.78, 5) is 2.37. The van der Waals surface area contributed by atoms with E-state index in [2.05, 4.69) is 205 Å². The molecular weight excluding hydrogens is 743 g/mol. The fraction of sp³-hybridized carbons (Fsp3) is 0. The maximum absolute atomic E-state index is 6.23. The summed E-state index contributed by atoms with van der Waals surface area (Å²) < 4.78 is 12.4. The second-order valence-electron chi connectivity index (χ2n) is 15.7. The monoisotopic (exact) mass is 779 g/mol. The van der Waals surface area contributed by atoms with Crippen molar-refractivity contribution in [2.75, 3.05) is 4.90 Å². The molecule has 12 rings (SSSR count). The van der Waals surface area contributed by atoms with Crippen LogP contribution in [-0.4, -0.2) is 0 Å². The van der Waals surface area contributed by atoms with Gasteiger partial charge in [-0.1, -0.05) is 158 Å². The number of rotatable bonds is 7. The van der Waals surface area contributed by atoms with Crippen molar-refractivity contribution in [1.82, 2.24) is 0 Å². The van der Waals surface area contributed by atoms with Crippen LogP contribution in [0, 0.1) is 0 Å². The lowest BCUT2D eigenvalue weighted by Gasteiger charge is -2.28. The molecule has 2 heterocycles. The zero-order valence-electron chi connectivity index (χ0n) is 33.1. The van der Waals surface area contributed by atoms with Crippen LogP contribution in [-0.2, 0) is 0 Å². The lowest BCUT2D eigenvalue weighted by Crippen LogP contribution is -2.11. The minimum atomic E-state index is 0.886. The van der Waals surface area contributed by atoms with Gasteiger partial charge in [0.15, 0.2) is 0 Å². The molecule has 0 amide bonds. The smallest absolute Gasteiger partial charge is 0.135 e.